The average Bonchev–Trinajstić information content (AvgIpc) is 1.98. The highest BCUT2D eigenvalue weighted by atomic mass is 16.2. The SMILES string of the molecule is CCC(CC(C)C)C(=O)N(C)C. The Labute approximate surface area is 75.9 Å². The van der Waals surface area contributed by atoms with Crippen LogP contribution < -0.4 is 0 Å². The van der Waals surface area contributed by atoms with Gasteiger partial charge in [0.25, 0.3) is 0 Å². The molecule has 0 heterocycles. The molecule has 12 heavy (non-hydrogen) atoms. The molecule has 1 atom stereocenters. The highest BCUT2D eigenvalue weighted by molar-refractivity contribution is 5.78. The van der Waals surface area contributed by atoms with Crippen molar-refractivity contribution >= 4 is 5.91 Å². The van der Waals surface area contributed by atoms with E-state index < -0.39 is 0 Å². The van der Waals surface area contributed by atoms with Gasteiger partial charge in [-0.05, 0) is 18.8 Å². The molecule has 1 unspecified atom stereocenters. The largest absolute Gasteiger partial charge is 0.349 e. The fraction of sp³-hybridized carbons (Fsp3) is 0.900. The lowest BCUT2D eigenvalue weighted by Crippen LogP contribution is -2.30. The standard InChI is InChI=1S/C10H21NO/c1-6-9(7-8(2)3)10(12)11(4)5/h8-9H,6-7H2,1-5H3. The second-order valence-corrected chi connectivity index (χ2v) is 3.97. The van der Waals surface area contributed by atoms with Crippen LogP contribution in [-0.4, -0.2) is 24.9 Å². The molecule has 2 nitrogen and oxygen atoms in total. The first-order valence-corrected chi connectivity index (χ1v) is 4.70. The summed E-state index contributed by atoms with van der Waals surface area (Å²) in [6.07, 6.45) is 1.96. The zero-order valence-electron chi connectivity index (χ0n) is 8.92. The maximum absolute atomic E-state index is 11.5. The van der Waals surface area contributed by atoms with Crippen LogP contribution in [0.15, 0.2) is 0 Å². The molecule has 0 N–H and O–H groups in total. The summed E-state index contributed by atoms with van der Waals surface area (Å²) >= 11 is 0. The van der Waals surface area contributed by atoms with Crippen molar-refractivity contribution in [1.29, 1.82) is 0 Å². The van der Waals surface area contributed by atoms with E-state index in [2.05, 4.69) is 20.8 Å². The molecule has 1 amide bonds. The van der Waals surface area contributed by atoms with Crippen molar-refractivity contribution < 1.29 is 4.79 Å². The van der Waals surface area contributed by atoms with Crippen LogP contribution in [0, 0.1) is 11.8 Å². The molecule has 0 aromatic rings. The van der Waals surface area contributed by atoms with Crippen molar-refractivity contribution in [3.05, 3.63) is 0 Å². The van der Waals surface area contributed by atoms with Gasteiger partial charge < -0.3 is 4.90 Å². The fourth-order valence-electron chi connectivity index (χ4n) is 1.38. The van der Waals surface area contributed by atoms with Crippen LogP contribution in [0.4, 0.5) is 0 Å². The fourth-order valence-corrected chi connectivity index (χ4v) is 1.38. The lowest BCUT2D eigenvalue weighted by Gasteiger charge is -2.20. The molecule has 0 fully saturated rings. The molecular formula is C10H21NO. The Balaban J connectivity index is 4.06. The van der Waals surface area contributed by atoms with Gasteiger partial charge in [-0.2, -0.15) is 0 Å². The summed E-state index contributed by atoms with van der Waals surface area (Å²) in [6.45, 7) is 6.39. The molecule has 0 aliphatic heterocycles. The maximum atomic E-state index is 11.5. The van der Waals surface area contributed by atoms with Gasteiger partial charge in [0.05, 0.1) is 0 Å². The third-order valence-corrected chi connectivity index (χ3v) is 2.04. The summed E-state index contributed by atoms with van der Waals surface area (Å²) in [4.78, 5) is 13.2. The Kier molecular flexibility index (Phi) is 4.95. The van der Waals surface area contributed by atoms with Crippen molar-refractivity contribution in [3.8, 4) is 0 Å². The van der Waals surface area contributed by atoms with Crippen LogP contribution in [0.3, 0.4) is 0 Å². The van der Waals surface area contributed by atoms with Gasteiger partial charge in [0.15, 0.2) is 0 Å². The molecule has 0 rings (SSSR count). The molecule has 0 aliphatic carbocycles. The first kappa shape index (κ1) is 11.5. The van der Waals surface area contributed by atoms with Gasteiger partial charge in [0.2, 0.25) is 5.91 Å². The summed E-state index contributed by atoms with van der Waals surface area (Å²) in [5.74, 6) is 1.10. The van der Waals surface area contributed by atoms with Crippen molar-refractivity contribution in [2.45, 2.75) is 33.6 Å². The number of rotatable bonds is 4. The third kappa shape index (κ3) is 3.74. The zero-order chi connectivity index (χ0) is 9.72. The van der Waals surface area contributed by atoms with Crippen LogP contribution >= 0.6 is 0 Å². The number of nitrogens with zero attached hydrogens (tertiary/aromatic N) is 1. The van der Waals surface area contributed by atoms with Crippen LogP contribution in [-0.2, 0) is 4.79 Å². The molecule has 0 aromatic carbocycles. The minimum absolute atomic E-state index is 0.222. The number of hydrogen-bond donors (Lipinski definition) is 0. The highest BCUT2D eigenvalue weighted by Gasteiger charge is 2.18. The highest BCUT2D eigenvalue weighted by Crippen LogP contribution is 2.16. The van der Waals surface area contributed by atoms with Crippen LogP contribution in [0.2, 0.25) is 0 Å². The predicted octanol–water partition coefficient (Wildman–Crippen LogP) is 2.15. The summed E-state index contributed by atoms with van der Waals surface area (Å²) in [7, 11) is 3.65. The first-order chi connectivity index (χ1) is 5.49. The van der Waals surface area contributed by atoms with E-state index in [0.717, 1.165) is 12.8 Å². The molecular weight excluding hydrogens is 150 g/mol. The molecule has 0 spiro atoms. The van der Waals surface area contributed by atoms with E-state index in [1.54, 1.807) is 4.90 Å². The second-order valence-electron chi connectivity index (χ2n) is 3.97. The van der Waals surface area contributed by atoms with E-state index >= 15 is 0 Å². The van der Waals surface area contributed by atoms with Gasteiger partial charge in [0.1, 0.15) is 0 Å². The Hall–Kier alpha value is -0.530. The lowest BCUT2D eigenvalue weighted by atomic mass is 9.94. The number of amides is 1. The van der Waals surface area contributed by atoms with Crippen molar-refractivity contribution in [3.63, 3.8) is 0 Å². The number of hydrogen-bond acceptors (Lipinski definition) is 1. The maximum Gasteiger partial charge on any atom is 0.225 e. The lowest BCUT2D eigenvalue weighted by molar-refractivity contribution is -0.133. The van der Waals surface area contributed by atoms with Crippen LogP contribution in [0.5, 0.6) is 0 Å². The van der Waals surface area contributed by atoms with Gasteiger partial charge in [-0.1, -0.05) is 20.8 Å². The average molecular weight is 171 g/mol. The molecule has 0 aromatic heterocycles. The van der Waals surface area contributed by atoms with Gasteiger partial charge in [-0.3, -0.25) is 4.79 Å². The minimum Gasteiger partial charge on any atom is -0.349 e. The van der Waals surface area contributed by atoms with E-state index in [0.29, 0.717) is 5.92 Å². The van der Waals surface area contributed by atoms with Gasteiger partial charge in [-0.25, -0.2) is 0 Å². The minimum atomic E-state index is 0.222. The Morgan fingerprint density at radius 3 is 2.08 bits per heavy atom. The Bertz CT molecular complexity index is 141. The summed E-state index contributed by atoms with van der Waals surface area (Å²) in [5.41, 5.74) is 0. The van der Waals surface area contributed by atoms with Crippen molar-refractivity contribution in [2.75, 3.05) is 14.1 Å². The summed E-state index contributed by atoms with van der Waals surface area (Å²) in [5, 5.41) is 0. The molecule has 0 radical (unpaired) electrons. The third-order valence-electron chi connectivity index (χ3n) is 2.04. The van der Waals surface area contributed by atoms with Crippen LogP contribution in [0.1, 0.15) is 33.6 Å². The quantitative estimate of drug-likeness (QED) is 0.634. The normalized spacial score (nSPS) is 13.2. The van der Waals surface area contributed by atoms with Crippen molar-refractivity contribution in [2.24, 2.45) is 11.8 Å². The molecule has 2 heteroatoms. The topological polar surface area (TPSA) is 20.3 Å². The smallest absolute Gasteiger partial charge is 0.225 e. The first-order valence-electron chi connectivity index (χ1n) is 4.70. The number of carbonyl (C=O) groups excluding carboxylic acids is 1. The van der Waals surface area contributed by atoms with E-state index in [1.165, 1.54) is 0 Å². The summed E-state index contributed by atoms with van der Waals surface area (Å²) in [6, 6.07) is 0. The Morgan fingerprint density at radius 1 is 1.33 bits per heavy atom. The monoisotopic (exact) mass is 171 g/mol. The molecule has 0 saturated carbocycles. The predicted molar refractivity (Wildman–Crippen MR) is 51.9 cm³/mol. The molecule has 0 saturated heterocycles. The summed E-state index contributed by atoms with van der Waals surface area (Å²) < 4.78 is 0. The van der Waals surface area contributed by atoms with Gasteiger partial charge >= 0.3 is 0 Å². The zero-order valence-corrected chi connectivity index (χ0v) is 8.92. The second kappa shape index (κ2) is 5.18. The van der Waals surface area contributed by atoms with E-state index in [9.17, 15) is 4.79 Å². The van der Waals surface area contributed by atoms with Crippen molar-refractivity contribution in [1.82, 2.24) is 4.90 Å². The van der Waals surface area contributed by atoms with Gasteiger partial charge in [0, 0.05) is 20.0 Å². The molecule has 72 valence electrons. The van der Waals surface area contributed by atoms with Crippen LogP contribution in [0.25, 0.3) is 0 Å². The number of carbonyl (C=O) groups is 1. The van der Waals surface area contributed by atoms with E-state index in [-0.39, 0.29) is 11.8 Å². The molecule has 0 bridgehead atoms. The molecule has 0 aliphatic rings. The van der Waals surface area contributed by atoms with Gasteiger partial charge in [-0.15, -0.1) is 0 Å². The Morgan fingerprint density at radius 2 is 1.83 bits per heavy atom. The van der Waals surface area contributed by atoms with E-state index in [4.69, 9.17) is 0 Å². The van der Waals surface area contributed by atoms with E-state index in [1.807, 2.05) is 14.1 Å².